The molecular formula is C21H17FN4O3. The fourth-order valence-corrected chi connectivity index (χ4v) is 3.18. The molecule has 0 spiro atoms. The van der Waals surface area contributed by atoms with E-state index in [-0.39, 0.29) is 17.3 Å². The van der Waals surface area contributed by atoms with Gasteiger partial charge in [0.25, 0.3) is 0 Å². The molecular weight excluding hydrogens is 375 g/mol. The minimum absolute atomic E-state index is 0.156. The molecule has 2 aromatic carbocycles. The second kappa shape index (κ2) is 7.23. The maximum absolute atomic E-state index is 13.3. The summed E-state index contributed by atoms with van der Waals surface area (Å²) in [6.45, 7) is 0. The minimum Gasteiger partial charge on any atom is -0.493 e. The van der Waals surface area contributed by atoms with E-state index in [4.69, 9.17) is 15.2 Å². The van der Waals surface area contributed by atoms with Crippen molar-refractivity contribution < 1.29 is 13.9 Å². The number of hydrogen-bond donors (Lipinski definition) is 2. The van der Waals surface area contributed by atoms with Gasteiger partial charge in [-0.3, -0.25) is 4.98 Å². The number of H-pyrrole nitrogens is 1. The zero-order valence-corrected chi connectivity index (χ0v) is 15.7. The summed E-state index contributed by atoms with van der Waals surface area (Å²) in [5.41, 5.74) is 8.34. The number of fused-ring (bicyclic) bond motifs is 1. The number of nitrogens with one attached hydrogen (secondary N) is 1. The molecule has 3 N–H and O–H groups in total. The van der Waals surface area contributed by atoms with Crippen LogP contribution in [0.25, 0.3) is 33.4 Å². The zero-order chi connectivity index (χ0) is 20.5. The summed E-state index contributed by atoms with van der Waals surface area (Å²) < 4.78 is 24.0. The zero-order valence-electron chi connectivity index (χ0n) is 15.7. The number of nitrogen functional groups attached to an aromatic ring is 1. The van der Waals surface area contributed by atoms with E-state index in [9.17, 15) is 9.18 Å². The van der Waals surface area contributed by atoms with Gasteiger partial charge >= 0.3 is 5.69 Å². The predicted octanol–water partition coefficient (Wildman–Crippen LogP) is 3.39. The van der Waals surface area contributed by atoms with Crippen LogP contribution >= 0.6 is 0 Å². The number of nitrogens with zero attached hydrogens (tertiary/aromatic N) is 2. The Hall–Kier alpha value is -3.94. The quantitative estimate of drug-likeness (QED) is 0.552. The van der Waals surface area contributed by atoms with Crippen molar-refractivity contribution in [3.05, 3.63) is 64.8 Å². The van der Waals surface area contributed by atoms with E-state index in [1.807, 2.05) is 12.1 Å². The molecule has 7 nitrogen and oxygen atoms in total. The first kappa shape index (κ1) is 18.4. The third-order valence-electron chi connectivity index (χ3n) is 4.55. The highest BCUT2D eigenvalue weighted by atomic mass is 19.1. The van der Waals surface area contributed by atoms with Crippen LogP contribution in [0.2, 0.25) is 0 Å². The molecule has 4 rings (SSSR count). The lowest BCUT2D eigenvalue weighted by atomic mass is 9.99. The summed E-state index contributed by atoms with van der Waals surface area (Å²) in [7, 11) is 3.10. The standard InChI is InChI=1S/C21H17FN4O3/c1-28-16-8-5-12(9-17(16)29-2)14-10-15(11-3-6-13(22)7-4-11)24-20-18(14)19(23)25-21(27)26-20/h3-10H,1-2H3,(H3,23,24,25,26,27). The molecule has 146 valence electrons. The Bertz CT molecular complexity index is 1270. The average Bonchev–Trinajstić information content (AvgIpc) is 2.72. The molecule has 4 aromatic rings. The first-order valence-corrected chi connectivity index (χ1v) is 8.69. The van der Waals surface area contributed by atoms with Crippen LogP contribution in [0.4, 0.5) is 10.2 Å². The molecule has 0 saturated heterocycles. The number of hydrogen-bond acceptors (Lipinski definition) is 6. The van der Waals surface area contributed by atoms with Gasteiger partial charge in [-0.1, -0.05) is 6.07 Å². The number of methoxy groups -OCH3 is 2. The summed E-state index contributed by atoms with van der Waals surface area (Å²) in [5, 5.41) is 0.502. The van der Waals surface area contributed by atoms with E-state index in [2.05, 4.69) is 15.0 Å². The van der Waals surface area contributed by atoms with Gasteiger partial charge in [0.15, 0.2) is 17.1 Å². The fraction of sp³-hybridized carbons (Fsp3) is 0.0952. The summed E-state index contributed by atoms with van der Waals surface area (Å²) in [4.78, 5) is 22.8. The molecule has 0 atom stereocenters. The van der Waals surface area contributed by atoms with Crippen LogP contribution in [0, 0.1) is 5.82 Å². The van der Waals surface area contributed by atoms with Crippen LogP contribution in [-0.4, -0.2) is 29.2 Å². The van der Waals surface area contributed by atoms with E-state index in [1.54, 1.807) is 38.5 Å². The van der Waals surface area contributed by atoms with Crippen molar-refractivity contribution in [3.63, 3.8) is 0 Å². The third-order valence-corrected chi connectivity index (χ3v) is 4.55. The molecule has 0 aliphatic rings. The van der Waals surface area contributed by atoms with E-state index < -0.39 is 5.69 Å². The number of aromatic nitrogens is 3. The van der Waals surface area contributed by atoms with Crippen molar-refractivity contribution in [3.8, 4) is 33.9 Å². The van der Waals surface area contributed by atoms with Gasteiger partial charge < -0.3 is 15.2 Å². The topological polar surface area (TPSA) is 103 Å². The third kappa shape index (κ3) is 3.36. The Kier molecular flexibility index (Phi) is 4.59. The number of halogens is 1. The Morgan fingerprint density at radius 2 is 1.62 bits per heavy atom. The van der Waals surface area contributed by atoms with Gasteiger partial charge in [0.1, 0.15) is 11.6 Å². The van der Waals surface area contributed by atoms with Crippen molar-refractivity contribution in [2.45, 2.75) is 0 Å². The maximum Gasteiger partial charge on any atom is 0.348 e. The summed E-state index contributed by atoms with van der Waals surface area (Å²) in [6, 6.07) is 13.1. The molecule has 0 unspecified atom stereocenters. The van der Waals surface area contributed by atoms with Crippen LogP contribution in [0.1, 0.15) is 0 Å². The van der Waals surface area contributed by atoms with E-state index in [1.165, 1.54) is 12.1 Å². The largest absolute Gasteiger partial charge is 0.493 e. The second-order valence-electron chi connectivity index (χ2n) is 6.29. The molecule has 0 amide bonds. The van der Waals surface area contributed by atoms with Crippen molar-refractivity contribution in [2.75, 3.05) is 20.0 Å². The number of anilines is 1. The molecule has 29 heavy (non-hydrogen) atoms. The van der Waals surface area contributed by atoms with Gasteiger partial charge in [-0.05, 0) is 53.6 Å². The number of benzene rings is 2. The highest BCUT2D eigenvalue weighted by Crippen LogP contribution is 2.37. The smallest absolute Gasteiger partial charge is 0.348 e. The molecule has 0 bridgehead atoms. The monoisotopic (exact) mass is 392 g/mol. The molecule has 8 heteroatoms. The summed E-state index contributed by atoms with van der Waals surface area (Å²) in [6.07, 6.45) is 0. The van der Waals surface area contributed by atoms with Gasteiger partial charge in [0, 0.05) is 5.56 Å². The molecule has 2 aromatic heterocycles. The lowest BCUT2D eigenvalue weighted by Gasteiger charge is -2.13. The average molecular weight is 392 g/mol. The number of aromatic amines is 1. The van der Waals surface area contributed by atoms with Gasteiger partial charge in [-0.25, -0.2) is 14.2 Å². The fourth-order valence-electron chi connectivity index (χ4n) is 3.18. The number of rotatable bonds is 4. The highest BCUT2D eigenvalue weighted by molar-refractivity contribution is 6.01. The highest BCUT2D eigenvalue weighted by Gasteiger charge is 2.16. The molecule has 0 radical (unpaired) electrons. The first-order chi connectivity index (χ1) is 14.0. The van der Waals surface area contributed by atoms with Crippen molar-refractivity contribution >= 4 is 16.9 Å². The molecule has 0 aliphatic carbocycles. The van der Waals surface area contributed by atoms with E-state index >= 15 is 0 Å². The number of ether oxygens (including phenoxy) is 2. The van der Waals surface area contributed by atoms with Gasteiger partial charge in [0.2, 0.25) is 0 Å². The number of nitrogens with two attached hydrogens (primary N) is 1. The van der Waals surface area contributed by atoms with Crippen LogP contribution in [-0.2, 0) is 0 Å². The van der Waals surface area contributed by atoms with Crippen molar-refractivity contribution in [1.82, 2.24) is 15.0 Å². The Morgan fingerprint density at radius 1 is 0.931 bits per heavy atom. The van der Waals surface area contributed by atoms with Gasteiger partial charge in [-0.15, -0.1) is 0 Å². The van der Waals surface area contributed by atoms with Crippen LogP contribution in [0.5, 0.6) is 11.5 Å². The van der Waals surface area contributed by atoms with E-state index in [0.29, 0.717) is 33.7 Å². The molecule has 0 saturated carbocycles. The Morgan fingerprint density at radius 3 is 2.31 bits per heavy atom. The summed E-state index contributed by atoms with van der Waals surface area (Å²) in [5.74, 6) is 0.915. The Labute approximate surface area is 165 Å². The lowest BCUT2D eigenvalue weighted by molar-refractivity contribution is 0.355. The number of pyridine rings is 1. The van der Waals surface area contributed by atoms with E-state index in [0.717, 1.165) is 5.56 Å². The molecule has 2 heterocycles. The van der Waals surface area contributed by atoms with Crippen molar-refractivity contribution in [2.24, 2.45) is 0 Å². The molecule has 0 fully saturated rings. The van der Waals surface area contributed by atoms with Crippen molar-refractivity contribution in [1.29, 1.82) is 0 Å². The van der Waals surface area contributed by atoms with Gasteiger partial charge in [0.05, 0.1) is 25.3 Å². The first-order valence-electron chi connectivity index (χ1n) is 8.69. The van der Waals surface area contributed by atoms with Crippen LogP contribution < -0.4 is 20.9 Å². The SMILES string of the molecule is COc1ccc(-c2cc(-c3ccc(F)cc3)nc3nc(=O)[nH]c(N)c23)cc1OC. The Balaban J connectivity index is 2.03. The minimum atomic E-state index is -0.600. The van der Waals surface area contributed by atoms with Crippen LogP contribution in [0.3, 0.4) is 0 Å². The normalized spacial score (nSPS) is 10.9. The maximum atomic E-state index is 13.3. The van der Waals surface area contributed by atoms with Gasteiger partial charge in [-0.2, -0.15) is 4.98 Å². The predicted molar refractivity (Wildman–Crippen MR) is 109 cm³/mol. The van der Waals surface area contributed by atoms with Crippen LogP contribution in [0.15, 0.2) is 53.3 Å². The lowest BCUT2D eigenvalue weighted by Crippen LogP contribution is -2.14. The molecule has 0 aliphatic heterocycles. The second-order valence-corrected chi connectivity index (χ2v) is 6.29. The summed E-state index contributed by atoms with van der Waals surface area (Å²) >= 11 is 0.